The highest BCUT2D eigenvalue weighted by Crippen LogP contribution is 2.25. The van der Waals surface area contributed by atoms with Crippen molar-refractivity contribution >= 4 is 29.0 Å². The van der Waals surface area contributed by atoms with Gasteiger partial charge in [-0.05, 0) is 12.5 Å². The number of hydrogen-bond donors (Lipinski definition) is 1. The zero-order valence-corrected chi connectivity index (χ0v) is 10.2. The third-order valence-electron chi connectivity index (χ3n) is 1.98. The summed E-state index contributed by atoms with van der Waals surface area (Å²) in [5.41, 5.74) is 5.54. The maximum atomic E-state index is 6.07. The molecule has 2 N–H and O–H groups in total. The molecule has 0 saturated heterocycles. The summed E-state index contributed by atoms with van der Waals surface area (Å²) in [5, 5.41) is 1.12. The van der Waals surface area contributed by atoms with Crippen LogP contribution in [0.25, 0.3) is 0 Å². The van der Waals surface area contributed by atoms with Crippen molar-refractivity contribution in [2.45, 2.75) is 13.3 Å². The second kappa shape index (κ2) is 6.16. The van der Waals surface area contributed by atoms with Crippen LogP contribution in [0.4, 0.5) is 5.82 Å². The molecule has 1 heterocycles. The van der Waals surface area contributed by atoms with Gasteiger partial charge < -0.3 is 10.6 Å². The summed E-state index contributed by atoms with van der Waals surface area (Å²) in [6, 6.07) is 1.70. The number of rotatable bonds is 5. The number of pyridine rings is 1. The van der Waals surface area contributed by atoms with Gasteiger partial charge in [0.05, 0.1) is 10.0 Å². The Morgan fingerprint density at radius 1 is 1.40 bits per heavy atom. The predicted molar refractivity (Wildman–Crippen MR) is 65.8 cm³/mol. The number of nitrogens with two attached hydrogens (primary N) is 1. The standard InChI is InChI=1S/C10H15Cl2N3/c1-2-4-15(5-3-13)10-9(12)6-8(11)7-14-10/h6-7H,2-5,13H2,1H3. The SMILES string of the molecule is CCCN(CCN)c1ncc(Cl)cc1Cl. The van der Waals surface area contributed by atoms with Crippen LogP contribution in [0.1, 0.15) is 13.3 Å². The number of hydrogen-bond acceptors (Lipinski definition) is 3. The minimum Gasteiger partial charge on any atom is -0.354 e. The van der Waals surface area contributed by atoms with E-state index >= 15 is 0 Å². The van der Waals surface area contributed by atoms with Crippen LogP contribution in [0, 0.1) is 0 Å². The summed E-state index contributed by atoms with van der Waals surface area (Å²) >= 11 is 11.9. The minimum absolute atomic E-state index is 0.549. The third kappa shape index (κ3) is 3.52. The van der Waals surface area contributed by atoms with Gasteiger partial charge in [0.1, 0.15) is 5.82 Å². The molecule has 84 valence electrons. The molecule has 3 nitrogen and oxygen atoms in total. The van der Waals surface area contributed by atoms with Crippen LogP contribution in [0.3, 0.4) is 0 Å². The van der Waals surface area contributed by atoms with Crippen molar-refractivity contribution in [3.05, 3.63) is 22.3 Å². The fraction of sp³-hybridized carbons (Fsp3) is 0.500. The Bertz CT molecular complexity index is 312. The maximum Gasteiger partial charge on any atom is 0.147 e. The lowest BCUT2D eigenvalue weighted by atomic mass is 10.3. The molecule has 1 aromatic rings. The van der Waals surface area contributed by atoms with Gasteiger partial charge in [-0.1, -0.05) is 30.1 Å². The summed E-state index contributed by atoms with van der Waals surface area (Å²) in [5.74, 6) is 0.758. The number of anilines is 1. The predicted octanol–water partition coefficient (Wildman–Crippen LogP) is 2.56. The van der Waals surface area contributed by atoms with Crippen molar-refractivity contribution < 1.29 is 0 Å². The zero-order chi connectivity index (χ0) is 11.3. The van der Waals surface area contributed by atoms with Crippen LogP contribution in [-0.2, 0) is 0 Å². The van der Waals surface area contributed by atoms with Gasteiger partial charge in [-0.15, -0.1) is 0 Å². The van der Waals surface area contributed by atoms with E-state index < -0.39 is 0 Å². The Hall–Kier alpha value is -0.510. The van der Waals surface area contributed by atoms with E-state index in [9.17, 15) is 0 Å². The molecular formula is C10H15Cl2N3. The first-order valence-corrected chi connectivity index (χ1v) is 5.70. The van der Waals surface area contributed by atoms with Gasteiger partial charge in [0.15, 0.2) is 0 Å². The molecule has 1 rings (SSSR count). The van der Waals surface area contributed by atoms with Crippen LogP contribution in [0.2, 0.25) is 10.0 Å². The first-order chi connectivity index (χ1) is 7.19. The van der Waals surface area contributed by atoms with Crippen molar-refractivity contribution in [2.24, 2.45) is 5.73 Å². The van der Waals surface area contributed by atoms with E-state index in [0.29, 0.717) is 16.6 Å². The van der Waals surface area contributed by atoms with Gasteiger partial charge in [-0.25, -0.2) is 4.98 Å². The first-order valence-electron chi connectivity index (χ1n) is 4.95. The largest absolute Gasteiger partial charge is 0.354 e. The zero-order valence-electron chi connectivity index (χ0n) is 8.71. The molecule has 0 bridgehead atoms. The van der Waals surface area contributed by atoms with E-state index in [1.54, 1.807) is 12.3 Å². The van der Waals surface area contributed by atoms with Crippen LogP contribution >= 0.6 is 23.2 Å². The summed E-state index contributed by atoms with van der Waals surface area (Å²) in [6.45, 7) is 4.34. The first kappa shape index (κ1) is 12.6. The molecule has 0 atom stereocenters. The second-order valence-electron chi connectivity index (χ2n) is 3.23. The summed E-state index contributed by atoms with van der Waals surface area (Å²) in [6.07, 6.45) is 2.63. The minimum atomic E-state index is 0.549. The fourth-order valence-electron chi connectivity index (χ4n) is 1.39. The smallest absolute Gasteiger partial charge is 0.147 e. The Balaban J connectivity index is 2.89. The summed E-state index contributed by atoms with van der Waals surface area (Å²) < 4.78 is 0. The van der Waals surface area contributed by atoms with Crippen LogP contribution < -0.4 is 10.6 Å². The van der Waals surface area contributed by atoms with E-state index in [2.05, 4.69) is 16.8 Å². The molecule has 0 aromatic carbocycles. The van der Waals surface area contributed by atoms with Gasteiger partial charge in [0.2, 0.25) is 0 Å². The average Bonchev–Trinajstić information content (AvgIpc) is 2.17. The fourth-order valence-corrected chi connectivity index (χ4v) is 1.89. The van der Waals surface area contributed by atoms with Crippen molar-refractivity contribution in [1.29, 1.82) is 0 Å². The van der Waals surface area contributed by atoms with Gasteiger partial charge >= 0.3 is 0 Å². The lowest BCUT2D eigenvalue weighted by Gasteiger charge is -2.23. The molecule has 0 spiro atoms. The molecule has 0 fully saturated rings. The molecule has 0 radical (unpaired) electrons. The Labute approximate surface area is 100 Å². The van der Waals surface area contributed by atoms with Gasteiger partial charge in [-0.2, -0.15) is 0 Å². The molecular weight excluding hydrogens is 233 g/mol. The monoisotopic (exact) mass is 247 g/mol. The molecule has 0 saturated carbocycles. The van der Waals surface area contributed by atoms with E-state index in [1.807, 2.05) is 0 Å². The summed E-state index contributed by atoms with van der Waals surface area (Å²) in [7, 11) is 0. The molecule has 0 amide bonds. The van der Waals surface area contributed by atoms with Gasteiger partial charge in [-0.3, -0.25) is 0 Å². The van der Waals surface area contributed by atoms with Crippen molar-refractivity contribution in [2.75, 3.05) is 24.5 Å². The Morgan fingerprint density at radius 3 is 2.67 bits per heavy atom. The highest BCUT2D eigenvalue weighted by molar-refractivity contribution is 6.36. The number of nitrogens with zero attached hydrogens (tertiary/aromatic N) is 2. The average molecular weight is 248 g/mol. The van der Waals surface area contributed by atoms with Crippen LogP contribution in [0.5, 0.6) is 0 Å². The highest BCUT2D eigenvalue weighted by Gasteiger charge is 2.10. The molecule has 5 heteroatoms. The number of halogens is 2. The topological polar surface area (TPSA) is 42.1 Å². The lowest BCUT2D eigenvalue weighted by molar-refractivity contribution is 0.751. The van der Waals surface area contributed by atoms with Crippen molar-refractivity contribution in [3.63, 3.8) is 0 Å². The van der Waals surface area contributed by atoms with Crippen molar-refractivity contribution in [3.8, 4) is 0 Å². The molecule has 0 unspecified atom stereocenters. The van der Waals surface area contributed by atoms with E-state index in [-0.39, 0.29) is 0 Å². The molecule has 15 heavy (non-hydrogen) atoms. The quantitative estimate of drug-likeness (QED) is 0.870. The molecule has 1 aromatic heterocycles. The maximum absolute atomic E-state index is 6.07. The molecule has 0 aliphatic carbocycles. The third-order valence-corrected chi connectivity index (χ3v) is 2.47. The highest BCUT2D eigenvalue weighted by atomic mass is 35.5. The van der Waals surface area contributed by atoms with Crippen molar-refractivity contribution in [1.82, 2.24) is 4.98 Å². The number of aromatic nitrogens is 1. The van der Waals surface area contributed by atoms with E-state index in [4.69, 9.17) is 28.9 Å². The Morgan fingerprint density at radius 2 is 2.13 bits per heavy atom. The van der Waals surface area contributed by atoms with E-state index in [1.165, 1.54) is 0 Å². The van der Waals surface area contributed by atoms with Crippen LogP contribution in [0.15, 0.2) is 12.3 Å². The summed E-state index contributed by atoms with van der Waals surface area (Å²) in [4.78, 5) is 6.29. The lowest BCUT2D eigenvalue weighted by Crippen LogP contribution is -2.31. The van der Waals surface area contributed by atoms with Gasteiger partial charge in [0.25, 0.3) is 0 Å². The van der Waals surface area contributed by atoms with Gasteiger partial charge in [0, 0.05) is 25.8 Å². The van der Waals surface area contributed by atoms with Crippen LogP contribution in [-0.4, -0.2) is 24.6 Å². The Kier molecular flexibility index (Phi) is 5.15. The second-order valence-corrected chi connectivity index (χ2v) is 4.08. The molecule has 0 aliphatic heterocycles. The molecule has 0 aliphatic rings. The van der Waals surface area contributed by atoms with E-state index in [0.717, 1.165) is 25.3 Å². The normalized spacial score (nSPS) is 10.4.